The molecular formula is C40H62N4O2+2. The van der Waals surface area contributed by atoms with E-state index in [9.17, 15) is 4.79 Å². The third-order valence-corrected chi connectivity index (χ3v) is 9.50. The highest BCUT2D eigenvalue weighted by molar-refractivity contribution is 6.02. The van der Waals surface area contributed by atoms with Crippen molar-refractivity contribution in [3.8, 4) is 22.5 Å². The smallest absolute Gasteiger partial charge is 0.203 e. The number of rotatable bonds is 14. The Balaban J connectivity index is 0.000000390. The van der Waals surface area contributed by atoms with Gasteiger partial charge in [0, 0.05) is 66.7 Å². The Labute approximate surface area is 279 Å². The number of ketones is 1. The highest BCUT2D eigenvalue weighted by Crippen LogP contribution is 2.40. The van der Waals surface area contributed by atoms with Crippen LogP contribution in [0.3, 0.4) is 0 Å². The number of nitrogens with two attached hydrogens (primary N) is 1. The quantitative estimate of drug-likeness (QED) is 0.0870. The summed E-state index contributed by atoms with van der Waals surface area (Å²) in [6, 6.07) is 23.9. The van der Waals surface area contributed by atoms with Crippen LogP contribution in [-0.4, -0.2) is 69.7 Å². The van der Waals surface area contributed by atoms with E-state index in [2.05, 4.69) is 130 Å². The van der Waals surface area contributed by atoms with Crippen LogP contribution in [0.1, 0.15) is 74.7 Å². The second-order valence-electron chi connectivity index (χ2n) is 11.6. The van der Waals surface area contributed by atoms with Gasteiger partial charge in [-0.1, -0.05) is 37.3 Å². The number of carbonyl (C=O) groups excluding carboxylic acids is 1. The highest BCUT2D eigenvalue weighted by atomic mass is 16.3. The highest BCUT2D eigenvalue weighted by Gasteiger charge is 2.21. The Kier molecular flexibility index (Phi) is 16.7. The minimum Gasteiger partial charge on any atom is -0.456 e. The molecule has 0 amide bonds. The lowest BCUT2D eigenvalue weighted by atomic mass is 9.93. The molecule has 6 nitrogen and oxygen atoms in total. The summed E-state index contributed by atoms with van der Waals surface area (Å²) in [6.45, 7) is 26.1. The van der Waals surface area contributed by atoms with Crippen LogP contribution in [0.25, 0.3) is 33.4 Å². The fraction of sp³-hybridized carbons (Fsp3) is 0.500. The van der Waals surface area contributed by atoms with Crippen molar-refractivity contribution in [1.82, 2.24) is 4.58 Å². The average Bonchev–Trinajstić information content (AvgIpc) is 3.11. The van der Waals surface area contributed by atoms with Gasteiger partial charge in [-0.2, -0.15) is 0 Å². The summed E-state index contributed by atoms with van der Waals surface area (Å²) in [6.07, 6.45) is 2.53. The van der Waals surface area contributed by atoms with Crippen LogP contribution >= 0.6 is 0 Å². The molecule has 46 heavy (non-hydrogen) atoms. The minimum absolute atomic E-state index is 0.409. The van der Waals surface area contributed by atoms with Crippen molar-refractivity contribution in [2.75, 3.05) is 64.3 Å². The Hall–Kier alpha value is -3.48. The van der Waals surface area contributed by atoms with Crippen LogP contribution in [0, 0.1) is 0 Å². The number of benzene rings is 3. The molecule has 2 aliphatic rings. The van der Waals surface area contributed by atoms with Gasteiger partial charge in [0.05, 0.1) is 32.2 Å². The van der Waals surface area contributed by atoms with Crippen LogP contribution in [0.15, 0.2) is 71.1 Å². The van der Waals surface area contributed by atoms with E-state index in [0.717, 1.165) is 72.3 Å². The van der Waals surface area contributed by atoms with E-state index in [0.29, 0.717) is 12.2 Å². The molecule has 4 rings (SSSR count). The minimum atomic E-state index is 0.409. The number of anilines is 1. The fourth-order valence-electron chi connectivity index (χ4n) is 6.29. The molecule has 252 valence electrons. The topological polar surface area (TPSA) is 62.5 Å². The van der Waals surface area contributed by atoms with E-state index >= 15 is 0 Å². The van der Waals surface area contributed by atoms with Crippen molar-refractivity contribution < 1.29 is 13.7 Å². The van der Waals surface area contributed by atoms with E-state index < -0.39 is 0 Å². The first kappa shape index (κ1) is 38.7. The number of carbonyl (C=O) groups is 1. The fourth-order valence-corrected chi connectivity index (χ4v) is 6.29. The van der Waals surface area contributed by atoms with Crippen LogP contribution in [-0.2, 0) is 4.79 Å². The monoisotopic (exact) mass is 630 g/mol. The van der Waals surface area contributed by atoms with Gasteiger partial charge in [0.1, 0.15) is 30.2 Å². The van der Waals surface area contributed by atoms with Crippen molar-refractivity contribution in [2.24, 2.45) is 5.73 Å². The third-order valence-electron chi connectivity index (χ3n) is 9.50. The molecule has 6 heteroatoms. The Bertz CT molecular complexity index is 1490. The lowest BCUT2D eigenvalue weighted by Gasteiger charge is -2.35. The summed E-state index contributed by atoms with van der Waals surface area (Å²) >= 11 is 0. The molecule has 0 unspecified atom stereocenters. The van der Waals surface area contributed by atoms with Crippen LogP contribution < -0.4 is 20.6 Å². The molecule has 0 saturated heterocycles. The van der Waals surface area contributed by atoms with E-state index in [1.54, 1.807) is 0 Å². The molecule has 0 radical (unpaired) electrons. The van der Waals surface area contributed by atoms with Crippen molar-refractivity contribution in [2.45, 2.75) is 74.7 Å². The van der Waals surface area contributed by atoms with Crippen LogP contribution in [0.4, 0.5) is 5.69 Å². The summed E-state index contributed by atoms with van der Waals surface area (Å²) in [5, 5.41) is 2.36. The number of hydrogen-bond acceptors (Lipinski definition) is 4. The molecular weight excluding hydrogens is 568 g/mol. The zero-order valence-corrected chi connectivity index (χ0v) is 30.4. The van der Waals surface area contributed by atoms with Gasteiger partial charge in [-0.25, -0.2) is 4.58 Å². The number of quaternary nitrogens is 1. The van der Waals surface area contributed by atoms with Crippen LogP contribution in [0.5, 0.6) is 0 Å². The second-order valence-corrected chi connectivity index (χ2v) is 11.6. The molecule has 1 aliphatic carbocycles. The SMILES string of the molecule is CCC(=O)CCC[N+](CC)(CC)CC.CCN(CC)c1ccc2c(-c3ccccc3)c3ccc(=[N+](CC)CC)cc-3oc2c1.CN. The van der Waals surface area contributed by atoms with Gasteiger partial charge in [0.25, 0.3) is 0 Å². The van der Waals surface area contributed by atoms with Crippen molar-refractivity contribution in [1.29, 1.82) is 0 Å². The maximum atomic E-state index is 11.2. The zero-order valence-electron chi connectivity index (χ0n) is 30.4. The summed E-state index contributed by atoms with van der Waals surface area (Å²) in [5.74, 6) is 1.34. The second kappa shape index (κ2) is 19.9. The number of Topliss-reactive ketones (excluding diaryl/α,β-unsaturated/α-hetero) is 1. The molecule has 0 saturated carbocycles. The Morgan fingerprint density at radius 2 is 1.43 bits per heavy atom. The zero-order chi connectivity index (χ0) is 34.1. The summed E-state index contributed by atoms with van der Waals surface area (Å²) in [4.78, 5) is 13.5. The number of fused-ring (bicyclic) bond motifs is 2. The molecule has 0 bridgehead atoms. The summed E-state index contributed by atoms with van der Waals surface area (Å²) in [7, 11) is 1.50. The largest absolute Gasteiger partial charge is 0.456 e. The van der Waals surface area contributed by atoms with Crippen molar-refractivity contribution in [3.63, 3.8) is 0 Å². The maximum absolute atomic E-state index is 11.2. The molecule has 1 heterocycles. The molecule has 0 atom stereocenters. The molecule has 0 fully saturated rings. The maximum Gasteiger partial charge on any atom is 0.203 e. The van der Waals surface area contributed by atoms with Gasteiger partial charge in [-0.05, 0) is 79.3 Å². The first-order valence-electron chi connectivity index (χ1n) is 17.7. The van der Waals surface area contributed by atoms with Gasteiger partial charge in [-0.3, -0.25) is 4.79 Å². The molecule has 1 aliphatic heterocycles. The molecule has 2 N–H and O–H groups in total. The lowest BCUT2D eigenvalue weighted by Crippen LogP contribution is -2.48. The van der Waals surface area contributed by atoms with Gasteiger partial charge in [0.15, 0.2) is 0 Å². The van der Waals surface area contributed by atoms with Crippen molar-refractivity contribution >= 4 is 22.4 Å². The molecule has 2 aromatic rings. The standard InChI is InChI=1S/C27H31N2O.C12H26NO.CH5N/c1-5-28(6-2)21-14-16-23-25(18-21)30-26-19-22(29(7-3)8-4)15-17-24(26)27(23)20-12-10-9-11-13-20;1-5-12(14)10-9-11-13(6-2,7-3)8-4;1-2/h9-19H,5-8H2,1-4H3;5-11H2,1-4H3;2H2,1H3/q2*+1;. The molecule has 0 aromatic heterocycles. The predicted octanol–water partition coefficient (Wildman–Crippen LogP) is 8.06. The van der Waals surface area contributed by atoms with Gasteiger partial charge in [-0.15, -0.1) is 0 Å². The van der Waals surface area contributed by atoms with Gasteiger partial charge >= 0.3 is 0 Å². The summed E-state index contributed by atoms with van der Waals surface area (Å²) < 4.78 is 10.0. The van der Waals surface area contributed by atoms with Crippen molar-refractivity contribution in [3.05, 3.63) is 72.1 Å². The lowest BCUT2D eigenvalue weighted by molar-refractivity contribution is -0.923. The normalized spacial score (nSPS) is 11.0. The Morgan fingerprint density at radius 3 is 1.98 bits per heavy atom. The van der Waals surface area contributed by atoms with E-state index in [-0.39, 0.29) is 0 Å². The first-order valence-corrected chi connectivity index (χ1v) is 17.7. The summed E-state index contributed by atoms with van der Waals surface area (Å²) in [5.41, 5.74) is 10.2. The molecule has 2 aromatic carbocycles. The van der Waals surface area contributed by atoms with E-state index in [4.69, 9.17) is 4.42 Å². The van der Waals surface area contributed by atoms with Gasteiger partial charge < -0.3 is 19.5 Å². The Morgan fingerprint density at radius 1 is 0.804 bits per heavy atom. The van der Waals surface area contributed by atoms with Gasteiger partial charge in [0.2, 0.25) is 5.36 Å². The number of hydrogen-bond donors (Lipinski definition) is 1. The van der Waals surface area contributed by atoms with E-state index in [1.165, 1.54) is 48.9 Å². The first-order chi connectivity index (χ1) is 22.3. The number of nitrogens with zero attached hydrogens (tertiary/aromatic N) is 3. The molecule has 0 spiro atoms. The van der Waals surface area contributed by atoms with Crippen LogP contribution in [0.2, 0.25) is 0 Å². The third kappa shape index (κ3) is 9.76. The average molecular weight is 631 g/mol. The predicted molar refractivity (Wildman–Crippen MR) is 200 cm³/mol. The van der Waals surface area contributed by atoms with E-state index in [1.807, 2.05) is 6.92 Å².